The summed E-state index contributed by atoms with van der Waals surface area (Å²) in [6, 6.07) is 12.5. The van der Waals surface area contributed by atoms with Gasteiger partial charge in [0, 0.05) is 23.5 Å². The van der Waals surface area contributed by atoms with Crippen LogP contribution in [0.25, 0.3) is 0 Å². The summed E-state index contributed by atoms with van der Waals surface area (Å²) in [4.78, 5) is 27.2. The molecule has 0 saturated carbocycles. The zero-order chi connectivity index (χ0) is 19.1. The van der Waals surface area contributed by atoms with Gasteiger partial charge < -0.3 is 10.2 Å². The Hall–Kier alpha value is -2.05. The molecule has 1 N–H and O–H groups in total. The molecule has 0 aliphatic heterocycles. The topological polar surface area (TPSA) is 49.4 Å². The minimum absolute atomic E-state index is 0.176. The van der Waals surface area contributed by atoms with Gasteiger partial charge in [0.2, 0.25) is 11.8 Å². The van der Waals surface area contributed by atoms with E-state index in [4.69, 9.17) is 11.6 Å². The maximum atomic E-state index is 13.1. The van der Waals surface area contributed by atoms with Gasteiger partial charge in [0.25, 0.3) is 0 Å². The monoisotopic (exact) mass is 394 g/mol. The first-order valence-corrected chi connectivity index (χ1v) is 9.41. The van der Waals surface area contributed by atoms with Crippen LogP contribution in [0.1, 0.15) is 12.5 Å². The number of halogens is 2. The van der Waals surface area contributed by atoms with E-state index in [9.17, 15) is 14.0 Å². The maximum Gasteiger partial charge on any atom is 0.242 e. The molecule has 1 atom stereocenters. The molecule has 0 aliphatic carbocycles. The highest BCUT2D eigenvalue weighted by molar-refractivity contribution is 8.00. The van der Waals surface area contributed by atoms with Gasteiger partial charge in [-0.25, -0.2) is 4.39 Å². The van der Waals surface area contributed by atoms with E-state index < -0.39 is 6.04 Å². The Labute approximate surface area is 161 Å². The van der Waals surface area contributed by atoms with Crippen molar-refractivity contribution in [2.75, 3.05) is 12.8 Å². The van der Waals surface area contributed by atoms with Gasteiger partial charge in [0.15, 0.2) is 0 Å². The number of carbonyl (C=O) groups excluding carboxylic acids is 2. The summed E-state index contributed by atoms with van der Waals surface area (Å²) in [5.41, 5.74) is 0.756. The Morgan fingerprint density at radius 1 is 1.15 bits per heavy atom. The highest BCUT2D eigenvalue weighted by Gasteiger charge is 2.25. The number of hydrogen-bond acceptors (Lipinski definition) is 3. The Kier molecular flexibility index (Phi) is 7.48. The molecule has 2 rings (SSSR count). The van der Waals surface area contributed by atoms with Crippen molar-refractivity contribution in [3.63, 3.8) is 0 Å². The van der Waals surface area contributed by atoms with E-state index in [1.54, 1.807) is 31.2 Å². The van der Waals surface area contributed by atoms with Crippen LogP contribution in [0.15, 0.2) is 53.4 Å². The number of carbonyl (C=O) groups is 2. The van der Waals surface area contributed by atoms with Crippen molar-refractivity contribution in [1.82, 2.24) is 10.2 Å². The zero-order valence-electron chi connectivity index (χ0n) is 14.5. The summed E-state index contributed by atoms with van der Waals surface area (Å²) < 4.78 is 13.1. The molecule has 0 radical (unpaired) electrons. The normalized spacial score (nSPS) is 11.7. The Morgan fingerprint density at radius 2 is 1.77 bits per heavy atom. The zero-order valence-corrected chi connectivity index (χ0v) is 16.1. The number of rotatable bonds is 7. The van der Waals surface area contributed by atoms with Crippen molar-refractivity contribution in [2.24, 2.45) is 0 Å². The van der Waals surface area contributed by atoms with Crippen molar-refractivity contribution in [3.8, 4) is 0 Å². The molecule has 2 amide bonds. The third kappa shape index (κ3) is 5.75. The molecule has 0 saturated heterocycles. The van der Waals surface area contributed by atoms with Crippen LogP contribution in [0.2, 0.25) is 5.02 Å². The quantitative estimate of drug-likeness (QED) is 0.728. The number of amides is 2. The number of nitrogens with zero attached hydrogens (tertiary/aromatic N) is 1. The molecule has 0 unspecified atom stereocenters. The van der Waals surface area contributed by atoms with Crippen LogP contribution in [0.4, 0.5) is 4.39 Å². The summed E-state index contributed by atoms with van der Waals surface area (Å²) in [6.45, 7) is 1.90. The van der Waals surface area contributed by atoms with E-state index >= 15 is 0 Å². The molecule has 0 aromatic heterocycles. The smallest absolute Gasteiger partial charge is 0.242 e. The van der Waals surface area contributed by atoms with Crippen LogP contribution in [0, 0.1) is 5.82 Å². The van der Waals surface area contributed by atoms with E-state index in [-0.39, 0.29) is 29.9 Å². The summed E-state index contributed by atoms with van der Waals surface area (Å²) in [6.07, 6.45) is 0. The Bertz CT molecular complexity index is 753. The lowest BCUT2D eigenvalue weighted by molar-refractivity contribution is -0.138. The van der Waals surface area contributed by atoms with E-state index in [1.165, 1.54) is 35.8 Å². The minimum atomic E-state index is -0.636. The first-order chi connectivity index (χ1) is 12.4. The fourth-order valence-electron chi connectivity index (χ4n) is 2.34. The van der Waals surface area contributed by atoms with E-state index in [1.807, 2.05) is 12.1 Å². The summed E-state index contributed by atoms with van der Waals surface area (Å²) in [5, 5.41) is 3.19. The summed E-state index contributed by atoms with van der Waals surface area (Å²) in [7, 11) is 1.53. The maximum absolute atomic E-state index is 13.1. The molecule has 2 aromatic rings. The lowest BCUT2D eigenvalue weighted by Gasteiger charge is -2.28. The van der Waals surface area contributed by atoms with Crippen molar-refractivity contribution in [3.05, 3.63) is 64.9 Å². The van der Waals surface area contributed by atoms with Crippen molar-refractivity contribution in [2.45, 2.75) is 24.4 Å². The summed E-state index contributed by atoms with van der Waals surface area (Å²) >= 11 is 7.24. The van der Waals surface area contributed by atoms with Gasteiger partial charge in [-0.2, -0.15) is 0 Å². The number of likely N-dealkylation sites (N-methyl/N-ethyl adjacent to an activating group) is 1. The number of nitrogens with one attached hydrogen (secondary N) is 1. The van der Waals surface area contributed by atoms with Gasteiger partial charge in [-0.3, -0.25) is 9.59 Å². The molecule has 4 nitrogen and oxygen atoms in total. The van der Waals surface area contributed by atoms with Crippen LogP contribution in [-0.4, -0.2) is 35.6 Å². The molecule has 0 fully saturated rings. The highest BCUT2D eigenvalue weighted by Crippen LogP contribution is 2.21. The van der Waals surface area contributed by atoms with Crippen molar-refractivity contribution < 1.29 is 14.0 Å². The SMILES string of the molecule is CNC(=O)[C@@H](C)N(Cc1ccc(F)cc1)C(=O)CSc1ccc(Cl)cc1. The second-order valence-corrected chi connectivity index (χ2v) is 7.17. The van der Waals surface area contributed by atoms with E-state index in [0.717, 1.165) is 10.5 Å². The van der Waals surface area contributed by atoms with Crippen LogP contribution < -0.4 is 5.32 Å². The Balaban J connectivity index is 2.10. The number of hydrogen-bond donors (Lipinski definition) is 1. The second-order valence-electron chi connectivity index (χ2n) is 5.68. The molecule has 2 aromatic carbocycles. The predicted molar refractivity (Wildman–Crippen MR) is 103 cm³/mol. The fraction of sp³-hybridized carbons (Fsp3) is 0.263. The first-order valence-electron chi connectivity index (χ1n) is 8.04. The largest absolute Gasteiger partial charge is 0.357 e. The van der Waals surface area contributed by atoms with Crippen LogP contribution in [0.5, 0.6) is 0 Å². The lowest BCUT2D eigenvalue weighted by atomic mass is 10.1. The molecule has 0 heterocycles. The highest BCUT2D eigenvalue weighted by atomic mass is 35.5. The molecule has 0 aliphatic rings. The van der Waals surface area contributed by atoms with E-state index in [0.29, 0.717) is 5.02 Å². The van der Waals surface area contributed by atoms with Crippen molar-refractivity contribution >= 4 is 35.2 Å². The lowest BCUT2D eigenvalue weighted by Crippen LogP contribution is -2.47. The molecule has 26 heavy (non-hydrogen) atoms. The molecule has 7 heteroatoms. The molecule has 0 bridgehead atoms. The number of thioether (sulfide) groups is 1. The third-order valence-corrected chi connectivity index (χ3v) is 5.10. The van der Waals surface area contributed by atoms with Gasteiger partial charge in [-0.1, -0.05) is 23.7 Å². The van der Waals surface area contributed by atoms with Crippen molar-refractivity contribution in [1.29, 1.82) is 0 Å². The van der Waals surface area contributed by atoms with Gasteiger partial charge in [0.1, 0.15) is 11.9 Å². The second kappa shape index (κ2) is 9.59. The molecule has 138 valence electrons. The van der Waals surface area contributed by atoms with Gasteiger partial charge >= 0.3 is 0 Å². The van der Waals surface area contributed by atoms with Crippen LogP contribution >= 0.6 is 23.4 Å². The standard InChI is InChI=1S/C19H20ClFN2O2S/c1-13(19(25)22-2)23(11-14-3-7-16(21)8-4-14)18(24)12-26-17-9-5-15(20)6-10-17/h3-10,13H,11-12H2,1-2H3,(H,22,25)/t13-/m1/s1. The average molecular weight is 395 g/mol. The predicted octanol–water partition coefficient (Wildman–Crippen LogP) is 3.73. The fourth-order valence-corrected chi connectivity index (χ4v) is 3.25. The van der Waals surface area contributed by atoms with Crippen LogP contribution in [-0.2, 0) is 16.1 Å². The molecular formula is C19H20ClFN2O2S. The average Bonchev–Trinajstić information content (AvgIpc) is 2.65. The molecule has 0 spiro atoms. The van der Waals surface area contributed by atoms with E-state index in [2.05, 4.69) is 5.32 Å². The molecular weight excluding hydrogens is 375 g/mol. The van der Waals surface area contributed by atoms with Gasteiger partial charge in [-0.15, -0.1) is 11.8 Å². The Morgan fingerprint density at radius 3 is 2.35 bits per heavy atom. The minimum Gasteiger partial charge on any atom is -0.357 e. The first kappa shape index (κ1) is 20.3. The number of benzene rings is 2. The van der Waals surface area contributed by atoms with Crippen LogP contribution in [0.3, 0.4) is 0 Å². The summed E-state index contributed by atoms with van der Waals surface area (Å²) in [5.74, 6) is -0.587. The van der Waals surface area contributed by atoms with Gasteiger partial charge in [-0.05, 0) is 48.9 Å². The van der Waals surface area contributed by atoms with Gasteiger partial charge in [0.05, 0.1) is 5.75 Å². The third-order valence-electron chi connectivity index (χ3n) is 3.86.